The van der Waals surface area contributed by atoms with Gasteiger partial charge in [-0.25, -0.2) is 4.89 Å². The van der Waals surface area contributed by atoms with Crippen LogP contribution in [-0.4, -0.2) is 10.9 Å². The summed E-state index contributed by atoms with van der Waals surface area (Å²) >= 11 is 0. The quantitative estimate of drug-likeness (QED) is 0.567. The lowest BCUT2D eigenvalue weighted by Gasteiger charge is -2.50. The summed E-state index contributed by atoms with van der Waals surface area (Å²) in [6, 6.07) is 0. The molecular weight excluding hydrogens is 200 g/mol. The van der Waals surface area contributed by atoms with Crippen LogP contribution in [0.2, 0.25) is 0 Å². The molecule has 2 unspecified atom stereocenters. The minimum atomic E-state index is -0.425. The van der Waals surface area contributed by atoms with E-state index in [2.05, 4.69) is 20.8 Å². The molecule has 2 heteroatoms. The summed E-state index contributed by atoms with van der Waals surface area (Å²) in [5, 5.41) is 9.21. The van der Waals surface area contributed by atoms with Crippen molar-refractivity contribution in [2.24, 2.45) is 17.3 Å². The Bertz CT molecular complexity index is 219. The molecule has 0 amide bonds. The Balaban J connectivity index is 2.91. The molecule has 1 aliphatic rings. The van der Waals surface area contributed by atoms with Crippen LogP contribution in [0.15, 0.2) is 0 Å². The van der Waals surface area contributed by atoms with Crippen LogP contribution < -0.4 is 0 Å². The zero-order chi connectivity index (χ0) is 12.4. The molecule has 0 aromatic carbocycles. The van der Waals surface area contributed by atoms with Gasteiger partial charge in [0.15, 0.2) is 0 Å². The molecule has 16 heavy (non-hydrogen) atoms. The van der Waals surface area contributed by atoms with Gasteiger partial charge in [0.2, 0.25) is 0 Å². The van der Waals surface area contributed by atoms with E-state index in [4.69, 9.17) is 4.89 Å². The molecule has 0 aromatic heterocycles. The summed E-state index contributed by atoms with van der Waals surface area (Å²) in [6.07, 6.45) is 6.09. The average Bonchev–Trinajstić information content (AvgIpc) is 2.16. The second kappa shape index (κ2) is 5.05. The molecule has 2 nitrogen and oxygen atoms in total. The first-order valence-electron chi connectivity index (χ1n) is 6.65. The van der Waals surface area contributed by atoms with E-state index in [-0.39, 0.29) is 5.41 Å². The normalized spacial score (nSPS) is 32.1. The molecule has 0 aromatic rings. The fourth-order valence-corrected chi connectivity index (χ4v) is 3.52. The third kappa shape index (κ3) is 2.78. The Morgan fingerprint density at radius 3 is 2.50 bits per heavy atom. The third-order valence-electron chi connectivity index (χ3n) is 4.40. The summed E-state index contributed by atoms with van der Waals surface area (Å²) in [5.41, 5.74) is -0.278. The predicted molar refractivity (Wildman–Crippen MR) is 67.3 cm³/mol. The first-order valence-corrected chi connectivity index (χ1v) is 6.65. The van der Waals surface area contributed by atoms with Crippen molar-refractivity contribution in [3.8, 4) is 0 Å². The zero-order valence-corrected chi connectivity index (χ0v) is 11.5. The second-order valence-electron chi connectivity index (χ2n) is 6.68. The van der Waals surface area contributed by atoms with Crippen LogP contribution >= 0.6 is 0 Å². The van der Waals surface area contributed by atoms with Crippen LogP contribution in [-0.2, 0) is 4.89 Å². The van der Waals surface area contributed by atoms with Gasteiger partial charge >= 0.3 is 0 Å². The fourth-order valence-electron chi connectivity index (χ4n) is 3.52. The number of rotatable bonds is 4. The molecule has 0 saturated heterocycles. The van der Waals surface area contributed by atoms with Gasteiger partial charge in [-0.05, 0) is 44.9 Å². The highest BCUT2D eigenvalue weighted by Gasteiger charge is 2.48. The summed E-state index contributed by atoms with van der Waals surface area (Å²) in [5.74, 6) is 1.40. The molecule has 2 atom stereocenters. The second-order valence-corrected chi connectivity index (χ2v) is 6.68. The van der Waals surface area contributed by atoms with E-state index >= 15 is 0 Å². The fraction of sp³-hybridized carbons (Fsp3) is 1.00. The highest BCUT2D eigenvalue weighted by atomic mass is 17.1. The molecule has 1 saturated carbocycles. The summed E-state index contributed by atoms with van der Waals surface area (Å²) in [7, 11) is 0. The van der Waals surface area contributed by atoms with Crippen molar-refractivity contribution in [2.45, 2.75) is 72.3 Å². The van der Waals surface area contributed by atoms with Gasteiger partial charge in [0.05, 0.1) is 0 Å². The van der Waals surface area contributed by atoms with Gasteiger partial charge < -0.3 is 0 Å². The zero-order valence-electron chi connectivity index (χ0n) is 11.5. The molecule has 1 aliphatic carbocycles. The van der Waals surface area contributed by atoms with Crippen LogP contribution in [0, 0.1) is 17.3 Å². The summed E-state index contributed by atoms with van der Waals surface area (Å²) in [4.78, 5) is 4.83. The SMILES string of the molecule is CC(C)CC1(C(C)(C)OO)CCCC(C)C1. The van der Waals surface area contributed by atoms with E-state index in [0.29, 0.717) is 5.92 Å². The lowest BCUT2D eigenvalue weighted by Crippen LogP contribution is -2.48. The van der Waals surface area contributed by atoms with Gasteiger partial charge in [0.1, 0.15) is 5.60 Å². The molecule has 0 aliphatic heterocycles. The van der Waals surface area contributed by atoms with E-state index in [1.807, 2.05) is 13.8 Å². The van der Waals surface area contributed by atoms with Gasteiger partial charge in [-0.1, -0.05) is 33.6 Å². The van der Waals surface area contributed by atoms with Crippen LogP contribution in [0.25, 0.3) is 0 Å². The minimum absolute atomic E-state index is 0.146. The van der Waals surface area contributed by atoms with Crippen molar-refractivity contribution < 1.29 is 10.1 Å². The van der Waals surface area contributed by atoms with E-state index in [9.17, 15) is 5.26 Å². The van der Waals surface area contributed by atoms with E-state index in [0.717, 1.165) is 12.3 Å². The average molecular weight is 228 g/mol. The lowest BCUT2D eigenvalue weighted by molar-refractivity contribution is -0.349. The van der Waals surface area contributed by atoms with Crippen LogP contribution in [0.1, 0.15) is 66.7 Å². The maximum absolute atomic E-state index is 9.21. The van der Waals surface area contributed by atoms with Crippen LogP contribution in [0.3, 0.4) is 0 Å². The van der Waals surface area contributed by atoms with Crippen molar-refractivity contribution in [3.05, 3.63) is 0 Å². The van der Waals surface area contributed by atoms with Gasteiger partial charge in [-0.3, -0.25) is 5.26 Å². The highest BCUT2D eigenvalue weighted by Crippen LogP contribution is 2.51. The van der Waals surface area contributed by atoms with Crippen molar-refractivity contribution >= 4 is 0 Å². The summed E-state index contributed by atoms with van der Waals surface area (Å²) < 4.78 is 0. The van der Waals surface area contributed by atoms with E-state index in [1.54, 1.807) is 0 Å². The van der Waals surface area contributed by atoms with Gasteiger partial charge in [0, 0.05) is 5.41 Å². The van der Waals surface area contributed by atoms with E-state index < -0.39 is 5.60 Å². The van der Waals surface area contributed by atoms with Gasteiger partial charge in [-0.15, -0.1) is 0 Å². The summed E-state index contributed by atoms with van der Waals surface area (Å²) in [6.45, 7) is 10.9. The smallest absolute Gasteiger partial charge is 0.103 e. The molecule has 0 heterocycles. The minimum Gasteiger partial charge on any atom is -0.251 e. The topological polar surface area (TPSA) is 29.5 Å². The van der Waals surface area contributed by atoms with Gasteiger partial charge in [-0.2, -0.15) is 0 Å². The molecule has 0 radical (unpaired) electrons. The Morgan fingerprint density at radius 2 is 2.06 bits per heavy atom. The maximum Gasteiger partial charge on any atom is 0.103 e. The third-order valence-corrected chi connectivity index (χ3v) is 4.40. The Hall–Kier alpha value is -0.0800. The van der Waals surface area contributed by atoms with Crippen molar-refractivity contribution in [1.82, 2.24) is 0 Å². The maximum atomic E-state index is 9.21. The van der Waals surface area contributed by atoms with Crippen molar-refractivity contribution in [3.63, 3.8) is 0 Å². The lowest BCUT2D eigenvalue weighted by atomic mass is 9.59. The first-order chi connectivity index (χ1) is 7.33. The Labute approximate surface area is 100 Å². The first kappa shape index (κ1) is 14.0. The predicted octanol–water partition coefficient (Wildman–Crippen LogP) is 4.50. The molecular formula is C14H28O2. The molecule has 1 fully saturated rings. The number of hydrogen-bond donors (Lipinski definition) is 1. The van der Waals surface area contributed by atoms with E-state index in [1.165, 1.54) is 25.7 Å². The number of hydrogen-bond acceptors (Lipinski definition) is 2. The molecule has 0 spiro atoms. The molecule has 1 N–H and O–H groups in total. The standard InChI is InChI=1S/C14H28O2/c1-11(2)9-14(13(4,5)16-15)8-6-7-12(3)10-14/h11-12,15H,6-10H2,1-5H3. The Kier molecular flexibility index (Phi) is 4.42. The monoisotopic (exact) mass is 228 g/mol. The van der Waals surface area contributed by atoms with Crippen molar-refractivity contribution in [1.29, 1.82) is 0 Å². The molecule has 0 bridgehead atoms. The molecule has 1 rings (SSSR count). The largest absolute Gasteiger partial charge is 0.251 e. The highest BCUT2D eigenvalue weighted by molar-refractivity contribution is 4.97. The van der Waals surface area contributed by atoms with Gasteiger partial charge in [0.25, 0.3) is 0 Å². The Morgan fingerprint density at radius 1 is 1.44 bits per heavy atom. The van der Waals surface area contributed by atoms with Crippen molar-refractivity contribution in [2.75, 3.05) is 0 Å². The molecule has 96 valence electrons. The van der Waals surface area contributed by atoms with Crippen LogP contribution in [0.4, 0.5) is 0 Å². The van der Waals surface area contributed by atoms with Crippen LogP contribution in [0.5, 0.6) is 0 Å².